The Morgan fingerprint density at radius 2 is 1.63 bits per heavy atom. The molecule has 1 aromatic rings. The second-order valence-corrected chi connectivity index (χ2v) is 3.44. The highest BCUT2D eigenvalue weighted by Crippen LogP contribution is 2.00. The van der Waals surface area contributed by atoms with Crippen LogP contribution in [0.1, 0.15) is 5.56 Å². The van der Waals surface area contributed by atoms with Crippen LogP contribution in [-0.4, -0.2) is 11.8 Å². The molecule has 1 aliphatic heterocycles. The van der Waals surface area contributed by atoms with Crippen LogP contribution in [0.3, 0.4) is 0 Å². The first-order chi connectivity index (χ1) is 9.22. The van der Waals surface area contributed by atoms with Gasteiger partial charge in [0.15, 0.2) is 0 Å². The van der Waals surface area contributed by atoms with Crippen LogP contribution in [0.5, 0.6) is 0 Å². The van der Waals surface area contributed by atoms with Crippen LogP contribution in [0.15, 0.2) is 60.7 Å². The molecule has 1 aromatic carbocycles. The number of hydrogen-bond donors (Lipinski definition) is 1. The van der Waals surface area contributed by atoms with Gasteiger partial charge >= 0.3 is 0 Å². The van der Waals surface area contributed by atoms with Gasteiger partial charge in [0, 0.05) is 18.2 Å². The van der Waals surface area contributed by atoms with E-state index in [1.165, 1.54) is 18.2 Å². The van der Waals surface area contributed by atoms with Crippen LogP contribution in [0.2, 0.25) is 0 Å². The minimum atomic E-state index is -0.329. The highest BCUT2D eigenvalue weighted by Gasteiger charge is 2.06. The van der Waals surface area contributed by atoms with E-state index in [0.29, 0.717) is 0 Å². The number of rotatable bonds is 2. The molecule has 2 rings (SSSR count). The number of benzene rings is 1. The average Bonchev–Trinajstić information content (AvgIpc) is 2.80. The SMILES string of the molecule is N#CC=CC=Cc1ccccc1.O=C1C=CC(=O)N1. The van der Waals surface area contributed by atoms with Crippen molar-refractivity contribution >= 4 is 17.9 Å². The lowest BCUT2D eigenvalue weighted by Crippen LogP contribution is -2.19. The number of hydrogen-bond acceptors (Lipinski definition) is 3. The first kappa shape index (κ1) is 14.1. The highest BCUT2D eigenvalue weighted by atomic mass is 16.2. The molecular weight excluding hydrogens is 240 g/mol. The third-order valence-electron chi connectivity index (χ3n) is 2.00. The Labute approximate surface area is 111 Å². The van der Waals surface area contributed by atoms with E-state index in [4.69, 9.17) is 5.26 Å². The lowest BCUT2D eigenvalue weighted by atomic mass is 10.2. The lowest BCUT2D eigenvalue weighted by molar-refractivity contribution is -0.123. The molecule has 0 fully saturated rings. The second-order valence-electron chi connectivity index (χ2n) is 3.44. The van der Waals surface area contributed by atoms with Crippen molar-refractivity contribution in [1.29, 1.82) is 5.26 Å². The Bertz CT molecular complexity index is 548. The van der Waals surface area contributed by atoms with Crippen molar-refractivity contribution < 1.29 is 9.59 Å². The van der Waals surface area contributed by atoms with Crippen LogP contribution >= 0.6 is 0 Å². The van der Waals surface area contributed by atoms with Gasteiger partial charge in [-0.15, -0.1) is 0 Å². The number of allylic oxidation sites excluding steroid dienone is 3. The third-order valence-corrected chi connectivity index (χ3v) is 2.00. The monoisotopic (exact) mass is 252 g/mol. The largest absolute Gasteiger partial charge is 0.289 e. The van der Waals surface area contributed by atoms with Crippen molar-refractivity contribution in [2.75, 3.05) is 0 Å². The Morgan fingerprint density at radius 3 is 2.11 bits per heavy atom. The summed E-state index contributed by atoms with van der Waals surface area (Å²) in [6.07, 6.45) is 9.35. The molecule has 0 saturated heterocycles. The molecule has 0 radical (unpaired) electrons. The molecule has 0 unspecified atom stereocenters. The number of nitrogens with one attached hydrogen (secondary N) is 1. The number of carbonyl (C=O) groups excluding carboxylic acids is 2. The Morgan fingerprint density at radius 1 is 1.00 bits per heavy atom. The van der Waals surface area contributed by atoms with Crippen LogP contribution in [-0.2, 0) is 9.59 Å². The van der Waals surface area contributed by atoms with E-state index in [1.807, 2.05) is 53.9 Å². The zero-order valence-corrected chi connectivity index (χ0v) is 10.1. The fourth-order valence-electron chi connectivity index (χ4n) is 1.19. The quantitative estimate of drug-likeness (QED) is 0.497. The predicted molar refractivity (Wildman–Crippen MR) is 72.5 cm³/mol. The molecule has 0 bridgehead atoms. The highest BCUT2D eigenvalue weighted by molar-refractivity contribution is 6.12. The summed E-state index contributed by atoms with van der Waals surface area (Å²) in [4.78, 5) is 20.1. The normalized spacial score (nSPS) is 13.2. The van der Waals surface area contributed by atoms with E-state index in [1.54, 1.807) is 6.08 Å². The van der Waals surface area contributed by atoms with Gasteiger partial charge in [0.1, 0.15) is 0 Å². The summed E-state index contributed by atoms with van der Waals surface area (Å²) < 4.78 is 0. The summed E-state index contributed by atoms with van der Waals surface area (Å²) in [6.45, 7) is 0. The zero-order chi connectivity index (χ0) is 13.9. The average molecular weight is 252 g/mol. The van der Waals surface area contributed by atoms with Crippen molar-refractivity contribution in [3.05, 3.63) is 66.3 Å². The number of nitriles is 1. The van der Waals surface area contributed by atoms with Crippen LogP contribution < -0.4 is 5.32 Å². The molecule has 4 nitrogen and oxygen atoms in total. The zero-order valence-electron chi connectivity index (χ0n) is 10.1. The van der Waals surface area contributed by atoms with Crippen molar-refractivity contribution in [2.45, 2.75) is 0 Å². The first-order valence-electron chi connectivity index (χ1n) is 5.53. The summed E-state index contributed by atoms with van der Waals surface area (Å²) in [5, 5.41) is 10.2. The first-order valence-corrected chi connectivity index (χ1v) is 5.53. The second kappa shape index (κ2) is 8.20. The van der Waals surface area contributed by atoms with E-state index in [9.17, 15) is 9.59 Å². The number of amides is 2. The van der Waals surface area contributed by atoms with E-state index >= 15 is 0 Å². The molecule has 0 aliphatic carbocycles. The third kappa shape index (κ3) is 6.39. The van der Waals surface area contributed by atoms with Crippen molar-refractivity contribution in [1.82, 2.24) is 5.32 Å². The number of imide groups is 1. The molecule has 1 heterocycles. The minimum absolute atomic E-state index is 0.329. The van der Waals surface area contributed by atoms with Gasteiger partial charge in [0.25, 0.3) is 11.8 Å². The molecule has 0 saturated carbocycles. The van der Waals surface area contributed by atoms with Gasteiger partial charge < -0.3 is 0 Å². The fraction of sp³-hybridized carbons (Fsp3) is 0. The van der Waals surface area contributed by atoms with Gasteiger partial charge in [-0.3, -0.25) is 14.9 Å². The smallest absolute Gasteiger partial charge is 0.250 e. The Hall–Kier alpha value is -2.93. The van der Waals surface area contributed by atoms with E-state index < -0.39 is 0 Å². The standard InChI is InChI=1S/C11H9N.C4H3NO2/c12-10-6-2-5-9-11-7-3-1-4-8-11;6-3-1-2-4(7)5-3/h1-9H;1-2H,(H,5,6,7). The molecule has 0 aromatic heterocycles. The summed E-state index contributed by atoms with van der Waals surface area (Å²) in [6, 6.07) is 11.9. The molecule has 1 N–H and O–H groups in total. The topological polar surface area (TPSA) is 70.0 Å². The minimum Gasteiger partial charge on any atom is -0.289 e. The van der Waals surface area contributed by atoms with Crippen LogP contribution in [0.25, 0.3) is 6.08 Å². The summed E-state index contributed by atoms with van der Waals surface area (Å²) in [5.74, 6) is -0.657. The molecule has 94 valence electrons. The van der Waals surface area contributed by atoms with Gasteiger partial charge in [0.2, 0.25) is 0 Å². The molecule has 1 aliphatic rings. The van der Waals surface area contributed by atoms with Crippen molar-refractivity contribution in [2.24, 2.45) is 0 Å². The molecule has 0 atom stereocenters. The van der Waals surface area contributed by atoms with Crippen LogP contribution in [0, 0.1) is 11.3 Å². The van der Waals surface area contributed by atoms with Crippen LogP contribution in [0.4, 0.5) is 0 Å². The summed E-state index contributed by atoms with van der Waals surface area (Å²) in [7, 11) is 0. The van der Waals surface area contributed by atoms with Gasteiger partial charge in [-0.25, -0.2) is 0 Å². The van der Waals surface area contributed by atoms with E-state index in [-0.39, 0.29) is 11.8 Å². The Kier molecular flexibility index (Phi) is 6.10. The predicted octanol–water partition coefficient (Wildman–Crippen LogP) is 1.98. The van der Waals surface area contributed by atoms with Gasteiger partial charge in [0.05, 0.1) is 6.07 Å². The summed E-state index contributed by atoms with van der Waals surface area (Å²) >= 11 is 0. The fourth-order valence-corrected chi connectivity index (χ4v) is 1.19. The van der Waals surface area contributed by atoms with E-state index in [0.717, 1.165) is 5.56 Å². The molecule has 19 heavy (non-hydrogen) atoms. The van der Waals surface area contributed by atoms with Gasteiger partial charge in [-0.1, -0.05) is 48.6 Å². The summed E-state index contributed by atoms with van der Waals surface area (Å²) in [5.41, 5.74) is 1.14. The Balaban J connectivity index is 0.000000218. The lowest BCUT2D eigenvalue weighted by Gasteiger charge is -1.87. The maximum atomic E-state index is 10.0. The maximum absolute atomic E-state index is 10.0. The molecular formula is C15H12N2O2. The van der Waals surface area contributed by atoms with Gasteiger partial charge in [-0.05, 0) is 5.56 Å². The van der Waals surface area contributed by atoms with Crippen molar-refractivity contribution in [3.8, 4) is 6.07 Å². The molecule has 0 spiro atoms. The van der Waals surface area contributed by atoms with Crippen molar-refractivity contribution in [3.63, 3.8) is 0 Å². The molecule has 2 amide bonds. The van der Waals surface area contributed by atoms with E-state index in [2.05, 4.69) is 0 Å². The number of nitrogens with zero attached hydrogens (tertiary/aromatic N) is 1. The molecule has 4 heteroatoms. The number of carbonyl (C=O) groups is 2. The van der Waals surface area contributed by atoms with Gasteiger partial charge in [-0.2, -0.15) is 5.26 Å². The maximum Gasteiger partial charge on any atom is 0.250 e.